The number of rotatable bonds is 5. The van der Waals surface area contributed by atoms with Crippen LogP contribution in [0, 0.1) is 0 Å². The number of para-hydroxylation sites is 1. The molecule has 1 spiro atoms. The van der Waals surface area contributed by atoms with Crippen LogP contribution in [0.3, 0.4) is 0 Å². The van der Waals surface area contributed by atoms with Crippen molar-refractivity contribution >= 4 is 23.1 Å². The Bertz CT molecular complexity index is 757. The summed E-state index contributed by atoms with van der Waals surface area (Å²) in [7, 11) is 0. The Morgan fingerprint density at radius 2 is 1.68 bits per heavy atom. The molecule has 4 rings (SSSR count). The fourth-order valence-corrected chi connectivity index (χ4v) is 5.25. The van der Waals surface area contributed by atoms with Crippen molar-refractivity contribution in [3.05, 3.63) is 66.2 Å². The van der Waals surface area contributed by atoms with Crippen LogP contribution >= 0.6 is 12.2 Å². The minimum Gasteiger partial charge on any atom is -0.469 e. The molecule has 1 aliphatic heterocycles. The van der Waals surface area contributed by atoms with Crippen LogP contribution in [0.4, 0.5) is 5.69 Å². The summed E-state index contributed by atoms with van der Waals surface area (Å²) in [6, 6.07) is 21.0. The normalized spacial score (nSPS) is 24.9. The molecule has 2 aliphatic rings. The van der Waals surface area contributed by atoms with Gasteiger partial charge in [-0.1, -0.05) is 48.5 Å². The van der Waals surface area contributed by atoms with E-state index in [1.165, 1.54) is 50.6 Å². The Hall–Kier alpha value is -1.91. The van der Waals surface area contributed by atoms with Crippen LogP contribution < -0.4 is 5.32 Å². The molecule has 1 heterocycles. The molecule has 1 saturated carbocycles. The molecule has 2 aromatic carbocycles. The van der Waals surface area contributed by atoms with E-state index in [-0.39, 0.29) is 0 Å². The lowest BCUT2D eigenvalue weighted by Crippen LogP contribution is -2.47. The second-order valence-electron chi connectivity index (χ2n) is 8.13. The van der Waals surface area contributed by atoms with Crippen LogP contribution in [0.1, 0.15) is 50.0 Å². The number of nitrogens with one attached hydrogen (secondary N) is 1. The summed E-state index contributed by atoms with van der Waals surface area (Å²) in [5.41, 5.74) is 2.88. The number of thiocarbonyl (C=S) groups is 1. The molecule has 1 saturated heterocycles. The lowest BCUT2D eigenvalue weighted by Gasteiger charge is -2.44. The van der Waals surface area contributed by atoms with Crippen molar-refractivity contribution in [2.24, 2.45) is 0 Å². The SMILES string of the molecule is S=C(Nc1ccccc1)OCCN1CCCC12CCC(c1ccccc1)CC2. The van der Waals surface area contributed by atoms with Gasteiger partial charge in [-0.15, -0.1) is 0 Å². The van der Waals surface area contributed by atoms with Gasteiger partial charge in [-0.2, -0.15) is 0 Å². The average Bonchev–Trinajstić information content (AvgIpc) is 3.12. The zero-order valence-electron chi connectivity index (χ0n) is 16.5. The molecule has 1 aliphatic carbocycles. The number of hydrogen-bond acceptors (Lipinski definition) is 3. The van der Waals surface area contributed by atoms with Gasteiger partial charge in [0.15, 0.2) is 0 Å². The number of likely N-dealkylation sites (tertiary alicyclic amines) is 1. The second-order valence-corrected chi connectivity index (χ2v) is 8.50. The summed E-state index contributed by atoms with van der Waals surface area (Å²) in [5, 5.41) is 3.62. The van der Waals surface area contributed by atoms with Crippen molar-refractivity contribution in [2.45, 2.75) is 50.0 Å². The highest BCUT2D eigenvalue weighted by atomic mass is 32.1. The zero-order chi connectivity index (χ0) is 19.2. The van der Waals surface area contributed by atoms with Crippen molar-refractivity contribution in [3.8, 4) is 0 Å². The van der Waals surface area contributed by atoms with Crippen LogP contribution in [0.25, 0.3) is 0 Å². The maximum Gasteiger partial charge on any atom is 0.261 e. The molecule has 148 valence electrons. The van der Waals surface area contributed by atoms with E-state index in [2.05, 4.69) is 40.5 Å². The van der Waals surface area contributed by atoms with E-state index in [1.807, 2.05) is 30.3 Å². The van der Waals surface area contributed by atoms with Gasteiger partial charge in [0, 0.05) is 17.8 Å². The topological polar surface area (TPSA) is 24.5 Å². The summed E-state index contributed by atoms with van der Waals surface area (Å²) >= 11 is 5.34. The van der Waals surface area contributed by atoms with E-state index in [0.717, 1.165) is 18.2 Å². The van der Waals surface area contributed by atoms with Gasteiger partial charge in [0.2, 0.25) is 0 Å². The lowest BCUT2D eigenvalue weighted by molar-refractivity contribution is 0.0712. The number of ether oxygens (including phenoxy) is 1. The van der Waals surface area contributed by atoms with Crippen LogP contribution in [-0.4, -0.2) is 35.3 Å². The van der Waals surface area contributed by atoms with E-state index in [4.69, 9.17) is 17.0 Å². The fourth-order valence-electron chi connectivity index (χ4n) is 5.05. The molecule has 0 bridgehead atoms. The highest BCUT2D eigenvalue weighted by Gasteiger charge is 2.43. The van der Waals surface area contributed by atoms with E-state index >= 15 is 0 Å². The zero-order valence-corrected chi connectivity index (χ0v) is 17.3. The number of benzene rings is 2. The summed E-state index contributed by atoms with van der Waals surface area (Å²) in [6.45, 7) is 2.81. The third-order valence-electron chi connectivity index (χ3n) is 6.54. The minimum atomic E-state index is 0.392. The van der Waals surface area contributed by atoms with Gasteiger partial charge < -0.3 is 10.1 Å². The molecular formula is C24H30N2OS. The highest BCUT2D eigenvalue weighted by Crippen LogP contribution is 2.46. The Morgan fingerprint density at radius 1 is 1.00 bits per heavy atom. The second kappa shape index (κ2) is 9.06. The van der Waals surface area contributed by atoms with Crippen LogP contribution in [0.5, 0.6) is 0 Å². The van der Waals surface area contributed by atoms with E-state index in [9.17, 15) is 0 Å². The Labute approximate surface area is 174 Å². The van der Waals surface area contributed by atoms with Crippen molar-refractivity contribution in [1.82, 2.24) is 4.90 Å². The van der Waals surface area contributed by atoms with Crippen molar-refractivity contribution in [1.29, 1.82) is 0 Å². The molecule has 2 fully saturated rings. The van der Waals surface area contributed by atoms with Gasteiger partial charge in [-0.3, -0.25) is 4.90 Å². The maximum atomic E-state index is 5.81. The van der Waals surface area contributed by atoms with Gasteiger partial charge in [0.05, 0.1) is 0 Å². The average molecular weight is 395 g/mol. The Morgan fingerprint density at radius 3 is 2.39 bits per heavy atom. The smallest absolute Gasteiger partial charge is 0.261 e. The third kappa shape index (κ3) is 4.56. The first-order valence-electron chi connectivity index (χ1n) is 10.5. The molecular weight excluding hydrogens is 364 g/mol. The molecule has 2 aromatic rings. The fraction of sp³-hybridized carbons (Fsp3) is 0.458. The van der Waals surface area contributed by atoms with Crippen molar-refractivity contribution in [3.63, 3.8) is 0 Å². The van der Waals surface area contributed by atoms with Crippen molar-refractivity contribution in [2.75, 3.05) is 25.0 Å². The number of nitrogens with zero attached hydrogens (tertiary/aromatic N) is 1. The quantitative estimate of drug-likeness (QED) is 0.668. The number of anilines is 1. The summed E-state index contributed by atoms with van der Waals surface area (Å²) in [5.74, 6) is 0.730. The highest BCUT2D eigenvalue weighted by molar-refractivity contribution is 7.80. The van der Waals surface area contributed by atoms with Crippen LogP contribution in [-0.2, 0) is 4.74 Å². The van der Waals surface area contributed by atoms with Gasteiger partial charge in [-0.25, -0.2) is 0 Å². The van der Waals surface area contributed by atoms with Gasteiger partial charge in [0.25, 0.3) is 5.17 Å². The van der Waals surface area contributed by atoms with Crippen LogP contribution in [0.15, 0.2) is 60.7 Å². The molecule has 28 heavy (non-hydrogen) atoms. The maximum absolute atomic E-state index is 5.81. The first-order valence-corrected chi connectivity index (χ1v) is 10.9. The first-order chi connectivity index (χ1) is 13.8. The molecule has 0 amide bonds. The predicted octanol–water partition coefficient (Wildman–Crippen LogP) is 5.59. The van der Waals surface area contributed by atoms with Gasteiger partial charge >= 0.3 is 0 Å². The largest absolute Gasteiger partial charge is 0.469 e. The number of hydrogen-bond donors (Lipinski definition) is 1. The molecule has 0 atom stereocenters. The van der Waals surface area contributed by atoms with E-state index in [0.29, 0.717) is 17.3 Å². The molecule has 0 aromatic heterocycles. The first kappa shape index (κ1) is 19.4. The standard InChI is InChI=1S/C24H30N2OS/c28-23(25-22-10-5-2-6-11-22)27-19-18-26-17-7-14-24(26)15-12-21(13-16-24)20-8-3-1-4-9-20/h1-6,8-11,21H,7,12-19H2,(H,25,28). The Balaban J connectivity index is 1.25. The lowest BCUT2D eigenvalue weighted by atomic mass is 9.73. The predicted molar refractivity (Wildman–Crippen MR) is 120 cm³/mol. The van der Waals surface area contributed by atoms with Gasteiger partial charge in [0.1, 0.15) is 6.61 Å². The molecule has 3 nitrogen and oxygen atoms in total. The Kier molecular flexibility index (Phi) is 6.28. The van der Waals surface area contributed by atoms with Gasteiger partial charge in [-0.05, 0) is 80.9 Å². The molecule has 4 heteroatoms. The summed E-state index contributed by atoms with van der Waals surface area (Å²) in [4.78, 5) is 2.68. The van der Waals surface area contributed by atoms with Crippen LogP contribution in [0.2, 0.25) is 0 Å². The minimum absolute atomic E-state index is 0.392. The molecule has 0 radical (unpaired) electrons. The molecule has 0 unspecified atom stereocenters. The van der Waals surface area contributed by atoms with Crippen molar-refractivity contribution < 1.29 is 4.74 Å². The third-order valence-corrected chi connectivity index (χ3v) is 6.76. The monoisotopic (exact) mass is 394 g/mol. The summed E-state index contributed by atoms with van der Waals surface area (Å²) < 4.78 is 5.81. The van der Waals surface area contributed by atoms with E-state index < -0.39 is 0 Å². The molecule has 1 N–H and O–H groups in total. The van der Waals surface area contributed by atoms with E-state index in [1.54, 1.807) is 0 Å². The summed E-state index contributed by atoms with van der Waals surface area (Å²) in [6.07, 6.45) is 7.85.